The first kappa shape index (κ1) is 22.0. The van der Waals surface area contributed by atoms with Gasteiger partial charge in [0.15, 0.2) is 0 Å². The van der Waals surface area contributed by atoms with E-state index in [9.17, 15) is 29.9 Å². The first-order valence-corrected chi connectivity index (χ1v) is 8.78. The van der Waals surface area contributed by atoms with Gasteiger partial charge in [-0.25, -0.2) is 4.79 Å². The Bertz CT molecular complexity index is 749. The lowest BCUT2D eigenvalue weighted by molar-refractivity contribution is -0.144. The number of phenols is 1. The molecule has 7 N–H and O–H groups in total. The fourth-order valence-electron chi connectivity index (χ4n) is 2.98. The molecule has 0 unspecified atom stereocenters. The molecule has 0 spiro atoms. The van der Waals surface area contributed by atoms with Gasteiger partial charge in [-0.2, -0.15) is 0 Å². The second-order valence-electron chi connectivity index (χ2n) is 7.50. The van der Waals surface area contributed by atoms with E-state index in [2.05, 4.69) is 0 Å². The van der Waals surface area contributed by atoms with Crippen LogP contribution in [0.1, 0.15) is 29.8 Å². The first-order valence-electron chi connectivity index (χ1n) is 8.78. The zero-order valence-corrected chi connectivity index (χ0v) is 15.7. The predicted octanol–water partition coefficient (Wildman–Crippen LogP) is -0.639. The monoisotopic (exact) mass is 396 g/mol. The van der Waals surface area contributed by atoms with Crippen molar-refractivity contribution in [2.75, 3.05) is 19.6 Å². The zero-order chi connectivity index (χ0) is 21.2. The van der Waals surface area contributed by atoms with Crippen molar-refractivity contribution in [2.45, 2.75) is 37.7 Å². The highest BCUT2D eigenvalue weighted by Crippen LogP contribution is 2.35. The van der Waals surface area contributed by atoms with Crippen LogP contribution in [0.4, 0.5) is 0 Å². The van der Waals surface area contributed by atoms with Crippen LogP contribution in [0.15, 0.2) is 12.1 Å². The molecule has 1 fully saturated rings. The van der Waals surface area contributed by atoms with Crippen LogP contribution in [0.2, 0.25) is 5.82 Å². The van der Waals surface area contributed by atoms with Crippen LogP contribution in [0.5, 0.6) is 11.5 Å². The number of aromatic carboxylic acids is 1. The summed E-state index contributed by atoms with van der Waals surface area (Å²) in [6, 6.07) is 2.90. The molecule has 1 aromatic carbocycles. The molecular weight excluding hydrogens is 371 g/mol. The maximum atomic E-state index is 11.6. The molecular formula is C17H25BN2O8. The molecule has 1 saturated heterocycles. The molecule has 2 atom stereocenters. The van der Waals surface area contributed by atoms with Crippen molar-refractivity contribution >= 4 is 19.1 Å². The van der Waals surface area contributed by atoms with E-state index in [4.69, 9.17) is 15.6 Å². The predicted molar refractivity (Wildman–Crippen MR) is 99.5 cm³/mol. The van der Waals surface area contributed by atoms with Crippen LogP contribution in [-0.2, 0) is 11.2 Å². The van der Waals surface area contributed by atoms with Gasteiger partial charge >= 0.3 is 19.1 Å². The van der Waals surface area contributed by atoms with Gasteiger partial charge in [-0.3, -0.25) is 9.69 Å². The minimum Gasteiger partial charge on any atom is -0.507 e. The fraction of sp³-hybridized carbons (Fsp3) is 0.529. The summed E-state index contributed by atoms with van der Waals surface area (Å²) in [6.45, 7) is 3.83. The average molecular weight is 396 g/mol. The molecule has 2 rings (SSSR count). The second kappa shape index (κ2) is 8.35. The number of hydrogen-bond acceptors (Lipinski definition) is 8. The summed E-state index contributed by atoms with van der Waals surface area (Å²) in [7, 11) is -1.59. The summed E-state index contributed by atoms with van der Waals surface area (Å²) in [5.74, 6) is -3.58. The summed E-state index contributed by atoms with van der Waals surface area (Å²) in [4.78, 5) is 24.4. The molecule has 1 aromatic rings. The van der Waals surface area contributed by atoms with Gasteiger partial charge in [-0.1, -0.05) is 13.0 Å². The third-order valence-corrected chi connectivity index (χ3v) is 4.75. The van der Waals surface area contributed by atoms with Gasteiger partial charge in [0.1, 0.15) is 28.7 Å². The van der Waals surface area contributed by atoms with Gasteiger partial charge in [-0.15, -0.1) is 0 Å². The Labute approximate surface area is 162 Å². The second-order valence-corrected chi connectivity index (χ2v) is 7.50. The molecule has 11 heteroatoms. The Morgan fingerprint density at radius 2 is 1.96 bits per heavy atom. The molecule has 0 amide bonds. The Morgan fingerprint density at radius 3 is 2.46 bits per heavy atom. The minimum atomic E-state index is -1.59. The topological polar surface area (TPSA) is 174 Å². The molecule has 0 aromatic heterocycles. The SMILES string of the molecule is C[C@@H](Cc1ccc(OC2CN(C[C@@](C)(N)C(=O)O)C2)c(C(=O)O)c1O)B(O)O. The van der Waals surface area contributed by atoms with Crippen LogP contribution in [0.3, 0.4) is 0 Å². The number of aliphatic carboxylic acids is 1. The van der Waals surface area contributed by atoms with Crippen LogP contribution >= 0.6 is 0 Å². The summed E-state index contributed by atoms with van der Waals surface area (Å²) < 4.78 is 5.67. The first-order chi connectivity index (χ1) is 12.9. The number of carbonyl (C=O) groups is 2. The maximum Gasteiger partial charge on any atom is 0.454 e. The van der Waals surface area contributed by atoms with Gasteiger partial charge in [-0.05, 0) is 30.8 Å². The standard InChI is InChI=1S/C17H25BN2O8/c1-9(18(26)27)5-10-3-4-12(13(14(10)21)15(22)23)28-11-6-20(7-11)8-17(2,19)16(24)25/h3-4,9,11,21,26-27H,5-8,19H2,1-2H3,(H,22,23)(H,24,25)/t9-,17+/m0/s1. The third-order valence-electron chi connectivity index (χ3n) is 4.75. The van der Waals surface area contributed by atoms with E-state index >= 15 is 0 Å². The Kier molecular flexibility index (Phi) is 6.55. The maximum absolute atomic E-state index is 11.6. The minimum absolute atomic E-state index is 0.00987. The van der Waals surface area contributed by atoms with Gasteiger partial charge in [0, 0.05) is 19.6 Å². The number of ether oxygens (including phenoxy) is 1. The van der Waals surface area contributed by atoms with Crippen molar-refractivity contribution in [3.8, 4) is 11.5 Å². The van der Waals surface area contributed by atoms with Gasteiger partial charge < -0.3 is 35.8 Å². The quantitative estimate of drug-likeness (QED) is 0.295. The molecule has 0 bridgehead atoms. The van der Waals surface area contributed by atoms with Gasteiger partial charge in [0.2, 0.25) is 0 Å². The van der Waals surface area contributed by atoms with Gasteiger partial charge in [0.05, 0.1) is 0 Å². The number of likely N-dealkylation sites (tertiary alicyclic amines) is 1. The fourth-order valence-corrected chi connectivity index (χ4v) is 2.98. The third kappa shape index (κ3) is 4.93. The van der Waals surface area contributed by atoms with Crippen LogP contribution in [0.25, 0.3) is 0 Å². The smallest absolute Gasteiger partial charge is 0.454 e. The largest absolute Gasteiger partial charge is 0.507 e. The molecule has 28 heavy (non-hydrogen) atoms. The van der Waals surface area contributed by atoms with E-state index in [0.717, 1.165) is 0 Å². The molecule has 154 valence electrons. The van der Waals surface area contributed by atoms with E-state index < -0.39 is 41.7 Å². The van der Waals surface area contributed by atoms with Gasteiger partial charge in [0.25, 0.3) is 0 Å². The van der Waals surface area contributed by atoms with Crippen LogP contribution in [0, 0.1) is 0 Å². The van der Waals surface area contributed by atoms with Crippen molar-refractivity contribution < 1.29 is 39.7 Å². The molecule has 0 radical (unpaired) electrons. The summed E-state index contributed by atoms with van der Waals surface area (Å²) in [6.07, 6.45) is -0.294. The number of hydrogen-bond donors (Lipinski definition) is 6. The molecule has 1 aliphatic heterocycles. The Hall–Kier alpha value is -2.34. The van der Waals surface area contributed by atoms with E-state index in [0.29, 0.717) is 13.1 Å². The number of aromatic hydroxyl groups is 1. The lowest BCUT2D eigenvalue weighted by atomic mass is 9.71. The van der Waals surface area contributed by atoms with E-state index in [-0.39, 0.29) is 30.4 Å². The highest BCUT2D eigenvalue weighted by Gasteiger charge is 2.37. The van der Waals surface area contributed by atoms with Crippen molar-refractivity contribution in [1.82, 2.24) is 4.90 Å². The molecule has 0 saturated carbocycles. The number of rotatable bonds is 9. The molecule has 1 heterocycles. The van der Waals surface area contributed by atoms with Crippen LogP contribution < -0.4 is 10.5 Å². The Morgan fingerprint density at radius 1 is 1.36 bits per heavy atom. The average Bonchev–Trinajstić information content (AvgIpc) is 2.54. The van der Waals surface area contributed by atoms with Crippen molar-refractivity contribution in [3.63, 3.8) is 0 Å². The molecule has 1 aliphatic rings. The molecule has 0 aliphatic carbocycles. The molecule has 10 nitrogen and oxygen atoms in total. The lowest BCUT2D eigenvalue weighted by Crippen LogP contribution is -2.62. The van der Waals surface area contributed by atoms with Crippen LogP contribution in [-0.4, -0.2) is 80.6 Å². The van der Waals surface area contributed by atoms with Crippen molar-refractivity contribution in [3.05, 3.63) is 23.3 Å². The number of benzene rings is 1. The summed E-state index contributed by atoms with van der Waals surface area (Å²) >= 11 is 0. The highest BCUT2D eigenvalue weighted by molar-refractivity contribution is 6.43. The normalized spacial score (nSPS) is 18.0. The van der Waals surface area contributed by atoms with Crippen molar-refractivity contribution in [2.24, 2.45) is 5.73 Å². The zero-order valence-electron chi connectivity index (χ0n) is 15.7. The Balaban J connectivity index is 2.08. The van der Waals surface area contributed by atoms with E-state index in [1.54, 1.807) is 11.8 Å². The summed E-state index contributed by atoms with van der Waals surface area (Å²) in [5.41, 5.74) is 4.17. The van der Waals surface area contributed by atoms with E-state index in [1.165, 1.54) is 19.1 Å². The highest BCUT2D eigenvalue weighted by atomic mass is 16.5. The summed E-state index contributed by atoms with van der Waals surface area (Å²) in [5, 5.41) is 47.2. The lowest BCUT2D eigenvalue weighted by Gasteiger charge is -2.41. The number of nitrogens with zero attached hydrogens (tertiary/aromatic N) is 1. The van der Waals surface area contributed by atoms with Crippen molar-refractivity contribution in [1.29, 1.82) is 0 Å². The number of carboxylic acid groups (broad SMARTS) is 2. The number of nitrogens with two attached hydrogens (primary N) is 1. The van der Waals surface area contributed by atoms with E-state index in [1.807, 2.05) is 0 Å². The number of carboxylic acids is 2.